The fourth-order valence-electron chi connectivity index (χ4n) is 0.726. The second-order valence-corrected chi connectivity index (χ2v) is 3.94. The van der Waals surface area contributed by atoms with E-state index in [1.807, 2.05) is 0 Å². The van der Waals surface area contributed by atoms with Crippen LogP contribution in [0.15, 0.2) is 6.20 Å². The number of hydrogen-bond acceptors (Lipinski definition) is 3. The SMILES string of the molecule is C#CCCNCc1ncc(Cl)s1. The Hall–Kier alpha value is -0.560. The van der Waals surface area contributed by atoms with Gasteiger partial charge in [0.2, 0.25) is 0 Å². The first-order valence-electron chi connectivity index (χ1n) is 3.57. The molecule has 1 N–H and O–H groups in total. The average Bonchev–Trinajstić information content (AvgIpc) is 2.45. The molecule has 0 unspecified atom stereocenters. The van der Waals surface area contributed by atoms with Crippen molar-refractivity contribution in [2.45, 2.75) is 13.0 Å². The van der Waals surface area contributed by atoms with Crippen LogP contribution in [0.5, 0.6) is 0 Å². The van der Waals surface area contributed by atoms with Crippen LogP contribution in [0.2, 0.25) is 4.34 Å². The molecule has 0 fully saturated rings. The molecule has 2 nitrogen and oxygen atoms in total. The highest BCUT2D eigenvalue weighted by Crippen LogP contribution is 2.17. The third-order valence-corrected chi connectivity index (χ3v) is 2.36. The van der Waals surface area contributed by atoms with E-state index in [0.29, 0.717) is 0 Å². The second-order valence-electron chi connectivity index (χ2n) is 2.19. The van der Waals surface area contributed by atoms with E-state index in [0.717, 1.165) is 28.9 Å². The quantitative estimate of drug-likeness (QED) is 0.594. The summed E-state index contributed by atoms with van der Waals surface area (Å²) in [6, 6.07) is 0. The Morgan fingerprint density at radius 2 is 2.58 bits per heavy atom. The van der Waals surface area contributed by atoms with Crippen molar-refractivity contribution >= 4 is 22.9 Å². The minimum atomic E-state index is 0.726. The molecule has 0 aliphatic heterocycles. The Morgan fingerprint density at radius 1 is 1.75 bits per heavy atom. The molecule has 1 rings (SSSR count). The first-order valence-corrected chi connectivity index (χ1v) is 4.77. The van der Waals surface area contributed by atoms with Crippen LogP contribution in [-0.2, 0) is 6.54 Å². The number of halogens is 1. The summed E-state index contributed by atoms with van der Waals surface area (Å²) >= 11 is 7.18. The zero-order valence-electron chi connectivity index (χ0n) is 6.51. The van der Waals surface area contributed by atoms with E-state index in [2.05, 4.69) is 16.2 Å². The van der Waals surface area contributed by atoms with Crippen LogP contribution in [0.3, 0.4) is 0 Å². The lowest BCUT2D eigenvalue weighted by Crippen LogP contribution is -2.13. The summed E-state index contributed by atoms with van der Waals surface area (Å²) in [6.07, 6.45) is 7.49. The first-order chi connectivity index (χ1) is 5.83. The van der Waals surface area contributed by atoms with Crippen molar-refractivity contribution in [1.82, 2.24) is 10.3 Å². The van der Waals surface area contributed by atoms with Crippen LogP contribution in [0.4, 0.5) is 0 Å². The molecule has 0 spiro atoms. The number of nitrogens with one attached hydrogen (secondary N) is 1. The third kappa shape index (κ3) is 3.22. The summed E-state index contributed by atoms with van der Waals surface area (Å²) in [5.74, 6) is 2.55. The number of terminal acetylenes is 1. The van der Waals surface area contributed by atoms with Gasteiger partial charge < -0.3 is 5.32 Å². The summed E-state index contributed by atoms with van der Waals surface area (Å²) in [6.45, 7) is 1.58. The predicted octanol–water partition coefficient (Wildman–Crippen LogP) is 1.91. The number of thiazole rings is 1. The van der Waals surface area contributed by atoms with Gasteiger partial charge in [0.1, 0.15) is 9.34 Å². The van der Waals surface area contributed by atoms with Gasteiger partial charge in [0.25, 0.3) is 0 Å². The average molecular weight is 201 g/mol. The highest BCUT2D eigenvalue weighted by atomic mass is 35.5. The number of nitrogens with zero attached hydrogens (tertiary/aromatic N) is 1. The largest absolute Gasteiger partial charge is 0.310 e. The topological polar surface area (TPSA) is 24.9 Å². The number of hydrogen-bond donors (Lipinski definition) is 1. The molecule has 0 bridgehead atoms. The molecule has 0 aliphatic carbocycles. The van der Waals surface area contributed by atoms with Crippen LogP contribution < -0.4 is 5.32 Å². The maximum Gasteiger partial charge on any atom is 0.113 e. The zero-order valence-corrected chi connectivity index (χ0v) is 8.08. The lowest BCUT2D eigenvalue weighted by Gasteiger charge is -1.96. The molecule has 0 saturated heterocycles. The van der Waals surface area contributed by atoms with E-state index in [4.69, 9.17) is 18.0 Å². The molecule has 0 aromatic carbocycles. The van der Waals surface area contributed by atoms with E-state index in [-0.39, 0.29) is 0 Å². The lowest BCUT2D eigenvalue weighted by atomic mass is 10.4. The Labute approximate surface area is 81.0 Å². The van der Waals surface area contributed by atoms with Crippen LogP contribution in [0, 0.1) is 12.3 Å². The molecule has 0 radical (unpaired) electrons. The fraction of sp³-hybridized carbons (Fsp3) is 0.375. The lowest BCUT2D eigenvalue weighted by molar-refractivity contribution is 0.698. The van der Waals surface area contributed by atoms with Crippen LogP contribution in [-0.4, -0.2) is 11.5 Å². The van der Waals surface area contributed by atoms with Crippen LogP contribution in [0.1, 0.15) is 11.4 Å². The molecule has 12 heavy (non-hydrogen) atoms. The van der Waals surface area contributed by atoms with Crippen molar-refractivity contribution in [2.75, 3.05) is 6.54 Å². The molecule has 0 amide bonds. The Bertz CT molecular complexity index is 277. The summed E-state index contributed by atoms with van der Waals surface area (Å²) < 4.78 is 0.726. The monoisotopic (exact) mass is 200 g/mol. The maximum atomic E-state index is 5.70. The van der Waals surface area contributed by atoms with E-state index >= 15 is 0 Å². The van der Waals surface area contributed by atoms with Gasteiger partial charge in [-0.25, -0.2) is 4.98 Å². The molecular formula is C8H9ClN2S. The van der Waals surface area contributed by atoms with Gasteiger partial charge in [-0.05, 0) is 0 Å². The van der Waals surface area contributed by atoms with Gasteiger partial charge >= 0.3 is 0 Å². The second kappa shape index (κ2) is 5.15. The maximum absolute atomic E-state index is 5.70. The summed E-state index contributed by atoms with van der Waals surface area (Å²) in [5, 5.41) is 4.16. The molecule has 1 heterocycles. The standard InChI is InChI=1S/C8H9ClN2S/c1-2-3-4-10-6-8-11-5-7(9)12-8/h1,5,10H,3-4,6H2. The third-order valence-electron chi connectivity index (χ3n) is 1.25. The van der Waals surface area contributed by atoms with Gasteiger partial charge in [0.15, 0.2) is 0 Å². The Balaban J connectivity index is 2.21. The van der Waals surface area contributed by atoms with E-state index in [1.165, 1.54) is 11.3 Å². The van der Waals surface area contributed by atoms with Crippen molar-refractivity contribution in [3.63, 3.8) is 0 Å². The van der Waals surface area contributed by atoms with Gasteiger partial charge in [-0.15, -0.1) is 23.7 Å². The smallest absolute Gasteiger partial charge is 0.113 e. The number of rotatable bonds is 4. The molecule has 0 atom stereocenters. The van der Waals surface area contributed by atoms with E-state index < -0.39 is 0 Å². The molecule has 64 valence electrons. The number of aromatic nitrogens is 1. The van der Waals surface area contributed by atoms with Crippen LogP contribution in [0.25, 0.3) is 0 Å². The zero-order chi connectivity index (χ0) is 8.81. The molecule has 4 heteroatoms. The minimum absolute atomic E-state index is 0.726. The van der Waals surface area contributed by atoms with Gasteiger partial charge in [-0.1, -0.05) is 11.6 Å². The fourth-order valence-corrected chi connectivity index (χ4v) is 1.65. The first kappa shape index (κ1) is 9.53. The predicted molar refractivity (Wildman–Crippen MR) is 52.3 cm³/mol. The summed E-state index contributed by atoms with van der Waals surface area (Å²) in [7, 11) is 0. The van der Waals surface area contributed by atoms with E-state index in [1.54, 1.807) is 6.20 Å². The highest BCUT2D eigenvalue weighted by molar-refractivity contribution is 7.15. The molecule has 1 aromatic rings. The van der Waals surface area contributed by atoms with Gasteiger partial charge in [-0.2, -0.15) is 0 Å². The van der Waals surface area contributed by atoms with Crippen molar-refractivity contribution in [3.05, 3.63) is 15.5 Å². The molecular weight excluding hydrogens is 192 g/mol. The summed E-state index contributed by atoms with van der Waals surface area (Å²) in [4.78, 5) is 4.09. The highest BCUT2D eigenvalue weighted by Gasteiger charge is 1.97. The molecule has 0 saturated carbocycles. The summed E-state index contributed by atoms with van der Waals surface area (Å²) in [5.41, 5.74) is 0. The van der Waals surface area contributed by atoms with Crippen molar-refractivity contribution in [3.8, 4) is 12.3 Å². The Morgan fingerprint density at radius 3 is 3.17 bits per heavy atom. The van der Waals surface area contributed by atoms with Gasteiger partial charge in [0.05, 0.1) is 6.20 Å². The van der Waals surface area contributed by atoms with Gasteiger partial charge in [0, 0.05) is 19.5 Å². The van der Waals surface area contributed by atoms with Crippen LogP contribution >= 0.6 is 22.9 Å². The molecule has 1 aromatic heterocycles. The van der Waals surface area contributed by atoms with Crippen molar-refractivity contribution in [1.29, 1.82) is 0 Å². The minimum Gasteiger partial charge on any atom is -0.310 e. The van der Waals surface area contributed by atoms with Crippen molar-refractivity contribution in [2.24, 2.45) is 0 Å². The Kier molecular flexibility index (Phi) is 4.09. The van der Waals surface area contributed by atoms with Crippen molar-refractivity contribution < 1.29 is 0 Å². The van der Waals surface area contributed by atoms with Gasteiger partial charge in [-0.3, -0.25) is 0 Å². The normalized spacial score (nSPS) is 9.67. The van der Waals surface area contributed by atoms with E-state index in [9.17, 15) is 0 Å². The molecule has 0 aliphatic rings.